The van der Waals surface area contributed by atoms with Crippen LogP contribution in [0.25, 0.3) is 0 Å². The second kappa shape index (κ2) is 2.24. The zero-order valence-corrected chi connectivity index (χ0v) is 8.39. The lowest BCUT2D eigenvalue weighted by atomic mass is 9.87. The molecule has 2 fully saturated rings. The minimum Gasteiger partial charge on any atom is -0.369 e. The number of fused-ring (bicyclic) bond motifs is 1. The first kappa shape index (κ1) is 8.52. The molecule has 2 nitrogen and oxygen atoms in total. The standard InChI is InChI=1S/C10H18O2/c1-5-7-10(4)8(12-10)6-9(2,3)11-7/h7-8H,5-6H2,1-4H3. The van der Waals surface area contributed by atoms with Crippen molar-refractivity contribution in [2.75, 3.05) is 0 Å². The predicted octanol–water partition coefficient (Wildman–Crippen LogP) is 2.12. The van der Waals surface area contributed by atoms with Crippen LogP contribution in [0.4, 0.5) is 0 Å². The highest BCUT2D eigenvalue weighted by Crippen LogP contribution is 2.51. The second-order valence-corrected chi connectivity index (χ2v) is 4.77. The fraction of sp³-hybridized carbons (Fsp3) is 1.00. The van der Waals surface area contributed by atoms with Gasteiger partial charge in [0.25, 0.3) is 0 Å². The highest BCUT2D eigenvalue weighted by molar-refractivity contribution is 5.10. The van der Waals surface area contributed by atoms with Gasteiger partial charge < -0.3 is 9.47 Å². The van der Waals surface area contributed by atoms with E-state index in [0.29, 0.717) is 12.2 Å². The summed E-state index contributed by atoms with van der Waals surface area (Å²) in [6.07, 6.45) is 2.84. The normalized spacial score (nSPS) is 50.0. The van der Waals surface area contributed by atoms with Crippen molar-refractivity contribution < 1.29 is 9.47 Å². The maximum Gasteiger partial charge on any atom is 0.118 e. The fourth-order valence-electron chi connectivity index (χ4n) is 2.29. The summed E-state index contributed by atoms with van der Waals surface area (Å²) in [7, 11) is 0. The summed E-state index contributed by atoms with van der Waals surface area (Å²) in [5.74, 6) is 0. The van der Waals surface area contributed by atoms with Crippen LogP contribution in [0.5, 0.6) is 0 Å². The van der Waals surface area contributed by atoms with Gasteiger partial charge in [0.05, 0.1) is 17.8 Å². The lowest BCUT2D eigenvalue weighted by molar-refractivity contribution is -0.114. The third-order valence-electron chi connectivity index (χ3n) is 3.13. The molecule has 0 radical (unpaired) electrons. The van der Waals surface area contributed by atoms with Crippen molar-refractivity contribution in [2.45, 2.75) is 63.9 Å². The summed E-state index contributed by atoms with van der Waals surface area (Å²) in [6, 6.07) is 0. The molecule has 2 aliphatic rings. The number of epoxide rings is 1. The average molecular weight is 170 g/mol. The van der Waals surface area contributed by atoms with Crippen LogP contribution in [-0.4, -0.2) is 23.4 Å². The molecule has 12 heavy (non-hydrogen) atoms. The molecule has 0 saturated carbocycles. The molecular weight excluding hydrogens is 152 g/mol. The molecule has 3 atom stereocenters. The third-order valence-corrected chi connectivity index (χ3v) is 3.13. The van der Waals surface area contributed by atoms with Crippen molar-refractivity contribution in [3.8, 4) is 0 Å². The molecule has 0 aromatic heterocycles. The zero-order chi connectivity index (χ0) is 8.98. The molecule has 0 amide bonds. The summed E-state index contributed by atoms with van der Waals surface area (Å²) in [5, 5.41) is 0. The van der Waals surface area contributed by atoms with Crippen molar-refractivity contribution >= 4 is 0 Å². The molecule has 2 rings (SSSR count). The summed E-state index contributed by atoms with van der Waals surface area (Å²) in [4.78, 5) is 0. The molecule has 2 saturated heterocycles. The van der Waals surface area contributed by atoms with E-state index in [0.717, 1.165) is 12.8 Å². The molecule has 0 bridgehead atoms. The Labute approximate surface area is 74.2 Å². The largest absolute Gasteiger partial charge is 0.369 e. The molecule has 2 heteroatoms. The van der Waals surface area contributed by atoms with Gasteiger partial charge in [-0.3, -0.25) is 0 Å². The molecule has 0 aromatic rings. The monoisotopic (exact) mass is 170 g/mol. The van der Waals surface area contributed by atoms with Crippen LogP contribution in [0, 0.1) is 0 Å². The van der Waals surface area contributed by atoms with Gasteiger partial charge in [-0.05, 0) is 27.2 Å². The lowest BCUT2D eigenvalue weighted by Gasteiger charge is -2.36. The van der Waals surface area contributed by atoms with E-state index in [9.17, 15) is 0 Å². The molecule has 2 aliphatic heterocycles. The number of rotatable bonds is 1. The molecule has 0 aromatic carbocycles. The quantitative estimate of drug-likeness (QED) is 0.562. The first-order valence-electron chi connectivity index (χ1n) is 4.83. The van der Waals surface area contributed by atoms with Gasteiger partial charge in [0, 0.05) is 6.42 Å². The zero-order valence-electron chi connectivity index (χ0n) is 8.39. The van der Waals surface area contributed by atoms with E-state index < -0.39 is 0 Å². The van der Waals surface area contributed by atoms with Gasteiger partial charge in [0.2, 0.25) is 0 Å². The summed E-state index contributed by atoms with van der Waals surface area (Å²) in [5.41, 5.74) is 0.0611. The van der Waals surface area contributed by atoms with Crippen molar-refractivity contribution in [3.63, 3.8) is 0 Å². The molecule has 2 heterocycles. The molecule has 70 valence electrons. The van der Waals surface area contributed by atoms with Crippen molar-refractivity contribution in [3.05, 3.63) is 0 Å². The first-order valence-corrected chi connectivity index (χ1v) is 4.83. The van der Waals surface area contributed by atoms with Crippen LogP contribution in [0.3, 0.4) is 0 Å². The minimum atomic E-state index is 0.0152. The Morgan fingerprint density at radius 1 is 1.25 bits per heavy atom. The molecule has 0 N–H and O–H groups in total. The maximum absolute atomic E-state index is 5.95. The van der Waals surface area contributed by atoms with E-state index >= 15 is 0 Å². The van der Waals surface area contributed by atoms with Gasteiger partial charge in [-0.25, -0.2) is 0 Å². The van der Waals surface area contributed by atoms with Gasteiger partial charge in [-0.15, -0.1) is 0 Å². The van der Waals surface area contributed by atoms with Gasteiger partial charge in [-0.2, -0.15) is 0 Å². The smallest absolute Gasteiger partial charge is 0.118 e. The Kier molecular flexibility index (Phi) is 1.59. The number of hydrogen-bond acceptors (Lipinski definition) is 2. The molecule has 3 unspecified atom stereocenters. The molecular formula is C10H18O2. The van der Waals surface area contributed by atoms with Crippen molar-refractivity contribution in [1.82, 2.24) is 0 Å². The van der Waals surface area contributed by atoms with Crippen LogP contribution < -0.4 is 0 Å². The summed E-state index contributed by atoms with van der Waals surface area (Å²) < 4.78 is 11.6. The SMILES string of the molecule is CCC1OC(C)(C)CC2OC12C. The Balaban J connectivity index is 2.13. The third kappa shape index (κ3) is 1.09. The van der Waals surface area contributed by atoms with E-state index in [-0.39, 0.29) is 11.2 Å². The van der Waals surface area contributed by atoms with E-state index in [1.54, 1.807) is 0 Å². The first-order chi connectivity index (χ1) is 5.48. The maximum atomic E-state index is 5.95. The van der Waals surface area contributed by atoms with Crippen molar-refractivity contribution in [1.29, 1.82) is 0 Å². The van der Waals surface area contributed by atoms with Gasteiger partial charge in [0.1, 0.15) is 5.60 Å². The Morgan fingerprint density at radius 3 is 2.50 bits per heavy atom. The van der Waals surface area contributed by atoms with E-state index in [4.69, 9.17) is 9.47 Å². The molecule has 0 spiro atoms. The van der Waals surface area contributed by atoms with Crippen LogP contribution >= 0.6 is 0 Å². The lowest BCUT2D eigenvalue weighted by Crippen LogP contribution is -2.45. The second-order valence-electron chi connectivity index (χ2n) is 4.77. The topological polar surface area (TPSA) is 21.8 Å². The van der Waals surface area contributed by atoms with Gasteiger partial charge in [0.15, 0.2) is 0 Å². The number of hydrogen-bond donors (Lipinski definition) is 0. The Hall–Kier alpha value is -0.0800. The van der Waals surface area contributed by atoms with Gasteiger partial charge >= 0.3 is 0 Å². The van der Waals surface area contributed by atoms with E-state index in [1.807, 2.05) is 0 Å². The number of ether oxygens (including phenoxy) is 2. The van der Waals surface area contributed by atoms with E-state index in [1.165, 1.54) is 0 Å². The van der Waals surface area contributed by atoms with Crippen LogP contribution in [0.2, 0.25) is 0 Å². The average Bonchev–Trinajstić information content (AvgIpc) is 2.57. The summed E-state index contributed by atoms with van der Waals surface area (Å²) >= 11 is 0. The van der Waals surface area contributed by atoms with Crippen LogP contribution in [0.15, 0.2) is 0 Å². The Morgan fingerprint density at radius 2 is 1.92 bits per heavy atom. The minimum absolute atomic E-state index is 0.0152. The van der Waals surface area contributed by atoms with E-state index in [2.05, 4.69) is 27.7 Å². The Bertz CT molecular complexity index is 200. The molecule has 0 aliphatic carbocycles. The highest BCUT2D eigenvalue weighted by Gasteiger charge is 2.63. The van der Waals surface area contributed by atoms with Crippen molar-refractivity contribution in [2.24, 2.45) is 0 Å². The highest BCUT2D eigenvalue weighted by atomic mass is 16.7. The predicted molar refractivity (Wildman–Crippen MR) is 47.1 cm³/mol. The summed E-state index contributed by atoms with van der Waals surface area (Å²) in [6.45, 7) is 8.63. The van der Waals surface area contributed by atoms with Crippen LogP contribution in [0.1, 0.15) is 40.5 Å². The van der Waals surface area contributed by atoms with Gasteiger partial charge in [-0.1, -0.05) is 6.92 Å². The fourth-order valence-corrected chi connectivity index (χ4v) is 2.29. The van der Waals surface area contributed by atoms with Crippen LogP contribution in [-0.2, 0) is 9.47 Å².